The zero-order valence-electron chi connectivity index (χ0n) is 18.7. The lowest BCUT2D eigenvalue weighted by atomic mass is 10.0. The largest absolute Gasteiger partial charge is 0.416 e. The van der Waals surface area contributed by atoms with Crippen molar-refractivity contribution in [2.45, 2.75) is 36.8 Å². The molecule has 0 spiro atoms. The molecule has 1 fully saturated rings. The van der Waals surface area contributed by atoms with E-state index in [1.807, 2.05) is 4.90 Å². The van der Waals surface area contributed by atoms with E-state index in [0.717, 1.165) is 42.7 Å². The summed E-state index contributed by atoms with van der Waals surface area (Å²) in [5, 5.41) is 2.67. The Bertz CT molecular complexity index is 1100. The van der Waals surface area contributed by atoms with E-state index >= 15 is 0 Å². The van der Waals surface area contributed by atoms with Gasteiger partial charge in [0.05, 0.1) is 16.0 Å². The van der Waals surface area contributed by atoms with E-state index in [1.54, 1.807) is 6.07 Å². The summed E-state index contributed by atoms with van der Waals surface area (Å²) in [4.78, 5) is 15.1. The molecule has 0 saturated carbocycles. The van der Waals surface area contributed by atoms with Gasteiger partial charge in [-0.05, 0) is 55.5 Å². The van der Waals surface area contributed by atoms with E-state index in [-0.39, 0.29) is 29.0 Å². The monoisotopic (exact) mass is 483 g/mol. The van der Waals surface area contributed by atoms with Gasteiger partial charge < -0.3 is 10.2 Å². The SMILES string of the molecule is CN(C)S(=O)(=O)c1ccc(N2CCCCC2)c(C(=O)NCCc2ccccc2C(F)(F)F)c1. The van der Waals surface area contributed by atoms with Gasteiger partial charge in [-0.25, -0.2) is 12.7 Å². The molecule has 2 aromatic carbocycles. The molecule has 2 aromatic rings. The highest BCUT2D eigenvalue weighted by atomic mass is 32.2. The van der Waals surface area contributed by atoms with E-state index in [2.05, 4.69) is 5.32 Å². The maximum atomic E-state index is 13.2. The second kappa shape index (κ2) is 10.1. The predicted octanol–water partition coefficient (Wildman–Crippen LogP) is 3.92. The van der Waals surface area contributed by atoms with Gasteiger partial charge in [-0.15, -0.1) is 0 Å². The standard InChI is InChI=1S/C23H28F3N3O3S/c1-28(2)33(31,32)18-10-11-21(29-14-6-3-7-15-29)19(16-18)22(30)27-13-12-17-8-4-5-9-20(17)23(24,25)26/h4-5,8-11,16H,3,6-7,12-15H2,1-2H3,(H,27,30). The van der Waals surface area contributed by atoms with Gasteiger partial charge in [0.1, 0.15) is 0 Å². The minimum absolute atomic E-state index is 0.00381. The van der Waals surface area contributed by atoms with E-state index in [0.29, 0.717) is 5.69 Å². The van der Waals surface area contributed by atoms with Crippen molar-refractivity contribution < 1.29 is 26.4 Å². The quantitative estimate of drug-likeness (QED) is 0.648. The lowest BCUT2D eigenvalue weighted by Gasteiger charge is -2.30. The molecule has 1 aliphatic heterocycles. The third kappa shape index (κ3) is 5.86. The Kier molecular flexibility index (Phi) is 7.69. The lowest BCUT2D eigenvalue weighted by Crippen LogP contribution is -2.33. The average molecular weight is 484 g/mol. The first-order valence-electron chi connectivity index (χ1n) is 10.8. The van der Waals surface area contributed by atoms with Crippen molar-refractivity contribution in [3.8, 4) is 0 Å². The summed E-state index contributed by atoms with van der Waals surface area (Å²) in [7, 11) is -0.939. The number of amides is 1. The van der Waals surface area contributed by atoms with E-state index in [1.165, 1.54) is 44.4 Å². The van der Waals surface area contributed by atoms with Gasteiger partial charge in [0.25, 0.3) is 5.91 Å². The molecule has 0 aliphatic carbocycles. The molecule has 0 aromatic heterocycles. The normalized spacial score (nSPS) is 15.0. The molecule has 6 nitrogen and oxygen atoms in total. The number of hydrogen-bond donors (Lipinski definition) is 1. The lowest BCUT2D eigenvalue weighted by molar-refractivity contribution is -0.138. The van der Waals surface area contributed by atoms with Gasteiger partial charge in [0, 0.05) is 39.4 Å². The highest BCUT2D eigenvalue weighted by molar-refractivity contribution is 7.89. The van der Waals surface area contributed by atoms with Gasteiger partial charge in [0.15, 0.2) is 0 Å². The van der Waals surface area contributed by atoms with E-state index in [4.69, 9.17) is 0 Å². The number of alkyl halides is 3. The molecule has 0 bridgehead atoms. The first-order valence-corrected chi connectivity index (χ1v) is 12.2. The summed E-state index contributed by atoms with van der Waals surface area (Å²) in [6, 6.07) is 9.71. The van der Waals surface area contributed by atoms with Crippen molar-refractivity contribution in [1.29, 1.82) is 0 Å². The van der Waals surface area contributed by atoms with Crippen LogP contribution in [-0.4, -0.2) is 52.4 Å². The van der Waals surface area contributed by atoms with Crippen LogP contribution in [0.1, 0.15) is 40.7 Å². The highest BCUT2D eigenvalue weighted by Gasteiger charge is 2.32. The molecule has 0 atom stereocenters. The number of halogens is 3. The van der Waals surface area contributed by atoms with E-state index < -0.39 is 27.7 Å². The molecule has 1 N–H and O–H groups in total. The molecule has 10 heteroatoms. The van der Waals surface area contributed by atoms with E-state index in [9.17, 15) is 26.4 Å². The molecule has 0 unspecified atom stereocenters. The Labute approximate surface area is 192 Å². The molecule has 0 radical (unpaired) electrons. The number of nitrogens with zero attached hydrogens (tertiary/aromatic N) is 2. The molecule has 1 heterocycles. The fourth-order valence-corrected chi connectivity index (χ4v) is 4.83. The summed E-state index contributed by atoms with van der Waals surface area (Å²) in [5.41, 5.74) is 0.183. The fourth-order valence-electron chi connectivity index (χ4n) is 3.90. The topological polar surface area (TPSA) is 69.7 Å². The maximum absolute atomic E-state index is 13.2. The van der Waals surface area contributed by atoms with Crippen LogP contribution in [-0.2, 0) is 22.6 Å². The van der Waals surface area contributed by atoms with Crippen LogP contribution in [0, 0.1) is 0 Å². The molecule has 180 valence electrons. The Hall–Kier alpha value is -2.59. The Morgan fingerprint density at radius 1 is 1.06 bits per heavy atom. The molecule has 1 amide bonds. The second-order valence-corrected chi connectivity index (χ2v) is 10.3. The van der Waals surface area contributed by atoms with Crippen molar-refractivity contribution in [3.63, 3.8) is 0 Å². The number of nitrogens with one attached hydrogen (secondary N) is 1. The van der Waals surface area contributed by atoms with Gasteiger partial charge in [-0.3, -0.25) is 4.79 Å². The first kappa shape index (κ1) is 25.0. The van der Waals surface area contributed by atoms with Gasteiger partial charge in [-0.2, -0.15) is 13.2 Å². The summed E-state index contributed by atoms with van der Waals surface area (Å²) in [6.07, 6.45) is -1.46. The summed E-state index contributed by atoms with van der Waals surface area (Å²) >= 11 is 0. The molecule has 33 heavy (non-hydrogen) atoms. The second-order valence-electron chi connectivity index (χ2n) is 8.17. The summed E-state index contributed by atoms with van der Waals surface area (Å²) in [6.45, 7) is 1.48. The van der Waals surface area contributed by atoms with Crippen molar-refractivity contribution in [1.82, 2.24) is 9.62 Å². The summed E-state index contributed by atoms with van der Waals surface area (Å²) < 4.78 is 65.9. The summed E-state index contributed by atoms with van der Waals surface area (Å²) in [5.74, 6) is -0.518. The maximum Gasteiger partial charge on any atom is 0.416 e. The fraction of sp³-hybridized carbons (Fsp3) is 0.435. The minimum Gasteiger partial charge on any atom is -0.371 e. The Morgan fingerprint density at radius 2 is 1.73 bits per heavy atom. The third-order valence-electron chi connectivity index (χ3n) is 5.69. The Balaban J connectivity index is 1.85. The van der Waals surface area contributed by atoms with Crippen molar-refractivity contribution >= 4 is 21.6 Å². The number of sulfonamides is 1. The average Bonchev–Trinajstić information content (AvgIpc) is 2.78. The van der Waals surface area contributed by atoms with Crippen LogP contribution in [0.3, 0.4) is 0 Å². The van der Waals surface area contributed by atoms with Crippen LogP contribution in [0.25, 0.3) is 0 Å². The minimum atomic E-state index is -4.48. The molecule has 3 rings (SSSR count). The van der Waals surface area contributed by atoms with Gasteiger partial charge in [0.2, 0.25) is 10.0 Å². The highest BCUT2D eigenvalue weighted by Crippen LogP contribution is 2.32. The number of rotatable bonds is 7. The third-order valence-corrected chi connectivity index (χ3v) is 7.50. The van der Waals surface area contributed by atoms with Crippen molar-refractivity contribution in [3.05, 3.63) is 59.2 Å². The number of piperidine rings is 1. The Morgan fingerprint density at radius 3 is 2.36 bits per heavy atom. The van der Waals surface area contributed by atoms with Crippen LogP contribution >= 0.6 is 0 Å². The van der Waals surface area contributed by atoms with Gasteiger partial charge >= 0.3 is 6.18 Å². The zero-order chi connectivity index (χ0) is 24.2. The van der Waals surface area contributed by atoms with Crippen LogP contribution in [0.4, 0.5) is 18.9 Å². The number of hydrogen-bond acceptors (Lipinski definition) is 4. The van der Waals surface area contributed by atoms with Crippen LogP contribution in [0.15, 0.2) is 47.4 Å². The zero-order valence-corrected chi connectivity index (χ0v) is 19.5. The van der Waals surface area contributed by atoms with Crippen LogP contribution in [0.5, 0.6) is 0 Å². The van der Waals surface area contributed by atoms with Crippen molar-refractivity contribution in [2.75, 3.05) is 38.6 Å². The van der Waals surface area contributed by atoms with Crippen LogP contribution < -0.4 is 10.2 Å². The first-order chi connectivity index (χ1) is 15.5. The molecular formula is C23H28F3N3O3S. The number of carbonyl (C=O) groups is 1. The van der Waals surface area contributed by atoms with Crippen LogP contribution in [0.2, 0.25) is 0 Å². The van der Waals surface area contributed by atoms with Gasteiger partial charge in [-0.1, -0.05) is 18.2 Å². The molecule has 1 aliphatic rings. The number of anilines is 1. The van der Waals surface area contributed by atoms with Crippen molar-refractivity contribution in [2.24, 2.45) is 0 Å². The molecule has 1 saturated heterocycles. The number of benzene rings is 2. The smallest absolute Gasteiger partial charge is 0.371 e. The predicted molar refractivity (Wildman–Crippen MR) is 121 cm³/mol. The number of carbonyl (C=O) groups excluding carboxylic acids is 1. The molecular weight excluding hydrogens is 455 g/mol.